The van der Waals surface area contributed by atoms with E-state index in [1.165, 1.54) is 6.07 Å². The first-order chi connectivity index (χ1) is 14.7. The summed E-state index contributed by atoms with van der Waals surface area (Å²) in [5, 5.41) is 4.14. The van der Waals surface area contributed by atoms with Crippen molar-refractivity contribution in [2.24, 2.45) is 0 Å². The van der Waals surface area contributed by atoms with Gasteiger partial charge in [0, 0.05) is 35.2 Å². The molecule has 0 saturated heterocycles. The van der Waals surface area contributed by atoms with E-state index >= 15 is 0 Å². The third kappa shape index (κ3) is 3.22. The molecule has 150 valence electrons. The van der Waals surface area contributed by atoms with E-state index in [4.69, 9.17) is 0 Å². The zero-order chi connectivity index (χ0) is 20.5. The van der Waals surface area contributed by atoms with Crippen LogP contribution in [0, 0.1) is 5.82 Å². The summed E-state index contributed by atoms with van der Waals surface area (Å²) in [6.45, 7) is 0.953. The Kier molecular flexibility index (Phi) is 4.71. The average molecular weight is 399 g/mol. The average Bonchev–Trinajstić information content (AvgIpc) is 3.17. The summed E-state index contributed by atoms with van der Waals surface area (Å²) in [5.74, 6) is -0.310. The topological polar surface area (TPSA) is 48.1 Å². The summed E-state index contributed by atoms with van der Waals surface area (Å²) in [7, 11) is 0. The molecule has 0 unspecified atom stereocenters. The molecule has 2 N–H and O–H groups in total. The molecule has 0 spiro atoms. The number of hydrogen-bond donors (Lipinski definition) is 2. The fraction of sp³-hybridized carbons (Fsp3) is 0.160. The minimum atomic E-state index is -0.502. The fourth-order valence-corrected chi connectivity index (χ4v) is 4.35. The molecule has 3 aromatic carbocycles. The number of hydrogen-bond acceptors (Lipinski definition) is 1. The molecular formula is C25H22FN3O. The number of amides is 2. The van der Waals surface area contributed by atoms with Crippen LogP contribution in [0.5, 0.6) is 0 Å². The van der Waals surface area contributed by atoms with Crippen molar-refractivity contribution in [3.05, 3.63) is 107 Å². The van der Waals surface area contributed by atoms with Gasteiger partial charge >= 0.3 is 6.03 Å². The highest BCUT2D eigenvalue weighted by Gasteiger charge is 2.35. The summed E-state index contributed by atoms with van der Waals surface area (Å²) in [6, 6.07) is 23.9. The van der Waals surface area contributed by atoms with Crippen molar-refractivity contribution in [3.8, 4) is 0 Å². The zero-order valence-electron chi connectivity index (χ0n) is 16.4. The Balaban J connectivity index is 1.53. The molecule has 1 aliphatic heterocycles. The summed E-state index contributed by atoms with van der Waals surface area (Å²) in [4.78, 5) is 18.4. The maximum Gasteiger partial charge on any atom is 0.318 e. The minimum Gasteiger partial charge on any atom is -0.356 e. The van der Waals surface area contributed by atoms with Crippen molar-refractivity contribution < 1.29 is 9.18 Å². The van der Waals surface area contributed by atoms with Crippen LogP contribution in [-0.2, 0) is 13.0 Å². The second kappa shape index (κ2) is 7.67. The number of nitrogens with one attached hydrogen (secondary N) is 2. The van der Waals surface area contributed by atoms with Crippen LogP contribution in [0.25, 0.3) is 10.9 Å². The van der Waals surface area contributed by atoms with E-state index in [0.717, 1.165) is 34.1 Å². The number of carbonyl (C=O) groups is 1. The SMILES string of the molecule is O=C(NCc1ccccc1)N1CCc2c([nH]c3ccccc23)[C@H]1c1ccccc1F. The Labute approximate surface area is 174 Å². The van der Waals surface area contributed by atoms with Gasteiger partial charge in [0.25, 0.3) is 0 Å². The fourth-order valence-electron chi connectivity index (χ4n) is 4.35. The van der Waals surface area contributed by atoms with Crippen molar-refractivity contribution in [1.82, 2.24) is 15.2 Å². The molecule has 30 heavy (non-hydrogen) atoms. The van der Waals surface area contributed by atoms with E-state index in [1.807, 2.05) is 54.6 Å². The largest absolute Gasteiger partial charge is 0.356 e. The van der Waals surface area contributed by atoms with Gasteiger partial charge in [-0.1, -0.05) is 66.7 Å². The van der Waals surface area contributed by atoms with E-state index < -0.39 is 6.04 Å². The highest BCUT2D eigenvalue weighted by atomic mass is 19.1. The Morgan fingerprint density at radius 1 is 1.00 bits per heavy atom. The van der Waals surface area contributed by atoms with Gasteiger partial charge in [-0.3, -0.25) is 0 Å². The van der Waals surface area contributed by atoms with Gasteiger partial charge in [-0.2, -0.15) is 0 Å². The first kappa shape index (κ1) is 18.4. The lowest BCUT2D eigenvalue weighted by Crippen LogP contribution is -2.46. The minimum absolute atomic E-state index is 0.198. The predicted molar refractivity (Wildman–Crippen MR) is 116 cm³/mol. The smallest absolute Gasteiger partial charge is 0.318 e. The van der Waals surface area contributed by atoms with Gasteiger partial charge in [0.15, 0.2) is 0 Å². The number of fused-ring (bicyclic) bond motifs is 3. The van der Waals surface area contributed by atoms with Crippen LogP contribution in [0.4, 0.5) is 9.18 Å². The van der Waals surface area contributed by atoms with Gasteiger partial charge in [-0.05, 0) is 29.7 Å². The van der Waals surface area contributed by atoms with Crippen LogP contribution in [0.3, 0.4) is 0 Å². The molecular weight excluding hydrogens is 377 g/mol. The van der Waals surface area contributed by atoms with E-state index in [1.54, 1.807) is 17.0 Å². The number of nitrogens with zero attached hydrogens (tertiary/aromatic N) is 1. The van der Waals surface area contributed by atoms with E-state index in [9.17, 15) is 9.18 Å². The number of benzene rings is 3. The summed E-state index contributed by atoms with van der Waals surface area (Å²) < 4.78 is 14.8. The maximum atomic E-state index is 14.8. The number of halogens is 1. The van der Waals surface area contributed by atoms with Crippen molar-refractivity contribution in [2.75, 3.05) is 6.54 Å². The lowest BCUT2D eigenvalue weighted by atomic mass is 9.92. The number of para-hydroxylation sites is 1. The highest BCUT2D eigenvalue weighted by Crippen LogP contribution is 2.39. The number of aromatic nitrogens is 1. The summed E-state index contributed by atoms with van der Waals surface area (Å²) in [5.41, 5.74) is 4.58. The molecule has 0 aliphatic carbocycles. The Hall–Kier alpha value is -3.60. The molecule has 0 fully saturated rings. The Morgan fingerprint density at radius 2 is 1.73 bits per heavy atom. The molecule has 4 nitrogen and oxygen atoms in total. The van der Waals surface area contributed by atoms with Crippen molar-refractivity contribution >= 4 is 16.9 Å². The van der Waals surface area contributed by atoms with Crippen LogP contribution < -0.4 is 5.32 Å². The lowest BCUT2D eigenvalue weighted by molar-refractivity contribution is 0.177. The van der Waals surface area contributed by atoms with Gasteiger partial charge in [-0.15, -0.1) is 0 Å². The van der Waals surface area contributed by atoms with Gasteiger partial charge in [0.05, 0.1) is 0 Å². The summed E-state index contributed by atoms with van der Waals surface area (Å²) >= 11 is 0. The molecule has 1 aliphatic rings. The van der Waals surface area contributed by atoms with Crippen molar-refractivity contribution in [2.45, 2.75) is 19.0 Å². The number of carbonyl (C=O) groups excluding carboxylic acids is 1. The number of urea groups is 1. The molecule has 5 heteroatoms. The first-order valence-corrected chi connectivity index (χ1v) is 10.1. The number of aromatic amines is 1. The highest BCUT2D eigenvalue weighted by molar-refractivity contribution is 5.86. The molecule has 1 aromatic heterocycles. The van der Waals surface area contributed by atoms with E-state index in [0.29, 0.717) is 18.7 Å². The molecule has 4 aromatic rings. The molecule has 0 saturated carbocycles. The van der Waals surface area contributed by atoms with Crippen molar-refractivity contribution in [1.29, 1.82) is 0 Å². The Bertz CT molecular complexity index is 1200. The second-order valence-corrected chi connectivity index (χ2v) is 7.57. The normalized spacial score (nSPS) is 15.8. The standard InChI is InChI=1S/C25H22FN3O/c26-21-12-6-4-11-20(21)24-23-19(18-10-5-7-13-22(18)28-23)14-15-29(24)25(30)27-16-17-8-2-1-3-9-17/h1-13,24,28H,14-16H2,(H,27,30)/t24-/m1/s1. The first-order valence-electron chi connectivity index (χ1n) is 10.1. The number of rotatable bonds is 3. The second-order valence-electron chi connectivity index (χ2n) is 7.57. The van der Waals surface area contributed by atoms with E-state index in [2.05, 4.69) is 16.4 Å². The van der Waals surface area contributed by atoms with Crippen LogP contribution in [-0.4, -0.2) is 22.5 Å². The molecule has 1 atom stereocenters. The number of H-pyrrole nitrogens is 1. The maximum absolute atomic E-state index is 14.8. The Morgan fingerprint density at radius 3 is 2.57 bits per heavy atom. The third-order valence-corrected chi connectivity index (χ3v) is 5.78. The molecule has 0 radical (unpaired) electrons. The molecule has 5 rings (SSSR count). The predicted octanol–water partition coefficient (Wildman–Crippen LogP) is 5.16. The monoisotopic (exact) mass is 399 g/mol. The van der Waals surface area contributed by atoms with Crippen LogP contribution in [0.15, 0.2) is 78.9 Å². The molecule has 2 heterocycles. The summed E-state index contributed by atoms with van der Waals surface area (Å²) in [6.07, 6.45) is 0.725. The zero-order valence-corrected chi connectivity index (χ0v) is 16.4. The van der Waals surface area contributed by atoms with Gasteiger partial charge in [0.1, 0.15) is 11.9 Å². The molecule has 2 amide bonds. The molecule has 0 bridgehead atoms. The van der Waals surface area contributed by atoms with Crippen molar-refractivity contribution in [3.63, 3.8) is 0 Å². The van der Waals surface area contributed by atoms with Gasteiger partial charge in [0.2, 0.25) is 0 Å². The van der Waals surface area contributed by atoms with Gasteiger partial charge < -0.3 is 15.2 Å². The van der Waals surface area contributed by atoms with Crippen LogP contribution in [0.2, 0.25) is 0 Å². The van der Waals surface area contributed by atoms with Crippen LogP contribution >= 0.6 is 0 Å². The van der Waals surface area contributed by atoms with Gasteiger partial charge in [-0.25, -0.2) is 9.18 Å². The third-order valence-electron chi connectivity index (χ3n) is 5.78. The quantitative estimate of drug-likeness (QED) is 0.491. The van der Waals surface area contributed by atoms with Crippen LogP contribution in [0.1, 0.15) is 28.4 Å². The lowest BCUT2D eigenvalue weighted by Gasteiger charge is -2.36. The van der Waals surface area contributed by atoms with E-state index in [-0.39, 0.29) is 11.8 Å².